The van der Waals surface area contributed by atoms with Crippen molar-refractivity contribution in [2.75, 3.05) is 0 Å². The van der Waals surface area contributed by atoms with Crippen molar-refractivity contribution in [1.82, 2.24) is 3.21 Å². The van der Waals surface area contributed by atoms with Crippen molar-refractivity contribution in [2.45, 2.75) is 6.92 Å². The van der Waals surface area contributed by atoms with Gasteiger partial charge in [0.1, 0.15) is 0 Å². The predicted octanol–water partition coefficient (Wildman–Crippen LogP) is -0.742. The molecule has 0 aliphatic carbocycles. The molecule has 0 aliphatic heterocycles. The molecule has 0 saturated carbocycles. The second kappa shape index (κ2) is 1.95. The summed E-state index contributed by atoms with van der Waals surface area (Å²) in [5.74, 6) is 0. The van der Waals surface area contributed by atoms with Crippen LogP contribution in [0.4, 0.5) is 0 Å². The maximum absolute atomic E-state index is 10.6. The molecule has 3 heteroatoms. The van der Waals surface area contributed by atoms with Crippen LogP contribution in [0.25, 0.3) is 0 Å². The van der Waals surface area contributed by atoms with Gasteiger partial charge in [0.2, 0.25) is 0 Å². The van der Waals surface area contributed by atoms with Crippen LogP contribution in [0.15, 0.2) is 12.3 Å². The van der Waals surface area contributed by atoms with Crippen LogP contribution >= 0.6 is 0 Å². The van der Waals surface area contributed by atoms with Crippen molar-refractivity contribution in [3.05, 3.63) is 15.8 Å². The molecule has 1 heterocycles. The normalized spacial score (nSPS) is 9.43. The summed E-state index contributed by atoms with van der Waals surface area (Å²) < 4.78 is 15.3. The summed E-state index contributed by atoms with van der Waals surface area (Å²) in [5, 5.41) is 0. The molecule has 0 aromatic carbocycles. The Labute approximate surface area is 49.5 Å². The van der Waals surface area contributed by atoms with Gasteiger partial charge in [0.25, 0.3) is 0 Å². The Morgan fingerprint density at radius 3 is 2.71 bits per heavy atom. The maximum atomic E-state index is 10.6. The number of hydrogen-bond donors (Lipinski definition) is 0. The van der Waals surface area contributed by atoms with Crippen molar-refractivity contribution in [3.63, 3.8) is 0 Å². The van der Waals surface area contributed by atoms with Crippen molar-refractivity contribution < 1.29 is 3.47 Å². The summed E-state index contributed by atoms with van der Waals surface area (Å²) in [5.41, 5.74) is 0. The predicted molar refractivity (Wildman–Crippen MR) is 25.9 cm³/mol. The van der Waals surface area contributed by atoms with Gasteiger partial charge in [-0.1, -0.05) is 0 Å². The van der Waals surface area contributed by atoms with Crippen molar-refractivity contribution in [3.8, 4) is 0 Å². The molecule has 0 amide bonds. The first kappa shape index (κ1) is 5.30. The molecule has 38 valence electrons. The first-order valence-electron chi connectivity index (χ1n) is 1.93. The molecular weight excluding hydrogens is 206 g/mol. The Morgan fingerprint density at radius 1 is 1.86 bits per heavy atom. The monoisotopic (exact) mass is 213 g/mol. The molecule has 0 atom stereocenters. The third-order valence-corrected chi connectivity index (χ3v) is 3.60. The molecule has 2 nitrogen and oxygen atoms in total. The van der Waals surface area contributed by atoms with Gasteiger partial charge >= 0.3 is 49.2 Å². The van der Waals surface area contributed by atoms with Crippen LogP contribution in [0.3, 0.4) is 0 Å². The molecule has 1 aromatic heterocycles. The van der Waals surface area contributed by atoms with E-state index in [4.69, 9.17) is 0 Å². The first-order chi connectivity index (χ1) is 3.30. The molecule has 1 rings (SSSR count). The molecule has 0 unspecified atom stereocenters. The molecule has 0 fully saturated rings. The Bertz CT molecular complexity index is 144. The summed E-state index contributed by atoms with van der Waals surface area (Å²) in [6.45, 7) is 1.86. The van der Waals surface area contributed by atoms with Crippen LogP contribution in [-0.2, 0) is 0 Å². The van der Waals surface area contributed by atoms with Gasteiger partial charge in [-0.05, 0) is 0 Å². The molecular formula is C4H5NOTe. The fraction of sp³-hybridized carbons (Fsp3) is 0.250. The summed E-state index contributed by atoms with van der Waals surface area (Å²) in [6.07, 6.45) is 1.62. The van der Waals surface area contributed by atoms with E-state index in [-0.39, 0.29) is 0 Å². The third kappa shape index (κ3) is 1.03. The summed E-state index contributed by atoms with van der Waals surface area (Å²) in [6, 6.07) is 1.81. The molecule has 0 saturated heterocycles. The zero-order chi connectivity index (χ0) is 5.28. The SMILES string of the molecule is Cc1ccn[te+]1[O-]. The van der Waals surface area contributed by atoms with Gasteiger partial charge in [0.05, 0.1) is 0 Å². The zero-order valence-electron chi connectivity index (χ0n) is 3.92. The zero-order valence-corrected chi connectivity index (χ0v) is 6.25. The number of aryl methyl sites for hydroxylation is 1. The number of hydrogen-bond acceptors (Lipinski definition) is 2. The van der Waals surface area contributed by atoms with Gasteiger partial charge in [0, 0.05) is 0 Å². The average Bonchev–Trinajstić information content (AvgIpc) is 1.91. The van der Waals surface area contributed by atoms with E-state index in [1.165, 1.54) is 0 Å². The van der Waals surface area contributed by atoms with Gasteiger partial charge < -0.3 is 0 Å². The van der Waals surface area contributed by atoms with Crippen molar-refractivity contribution >= 4 is 19.8 Å². The van der Waals surface area contributed by atoms with Crippen LogP contribution in [0.5, 0.6) is 0 Å². The standard InChI is InChI=1S/C4H5NOTe/c1-4-2-3-5-7(4)6/h2-3H,1H3. The van der Waals surface area contributed by atoms with Crippen LogP contribution in [0.1, 0.15) is 3.58 Å². The van der Waals surface area contributed by atoms with Crippen molar-refractivity contribution in [1.29, 1.82) is 0 Å². The average molecular weight is 211 g/mol. The number of nitrogens with zero attached hydrogens (tertiary/aromatic N) is 1. The van der Waals surface area contributed by atoms with Gasteiger partial charge in [-0.2, -0.15) is 0 Å². The van der Waals surface area contributed by atoms with E-state index in [1.807, 2.05) is 13.0 Å². The van der Waals surface area contributed by atoms with Gasteiger partial charge in [-0.15, -0.1) is 0 Å². The van der Waals surface area contributed by atoms with Crippen molar-refractivity contribution in [2.24, 2.45) is 0 Å². The third-order valence-electron chi connectivity index (χ3n) is 0.741. The molecule has 0 spiro atoms. The summed E-state index contributed by atoms with van der Waals surface area (Å²) in [7, 11) is 0. The molecule has 7 heavy (non-hydrogen) atoms. The topological polar surface area (TPSA) is 36.0 Å². The van der Waals surface area contributed by atoms with Crippen LogP contribution in [-0.4, -0.2) is 23.0 Å². The molecule has 0 N–H and O–H groups in total. The fourth-order valence-electron chi connectivity index (χ4n) is 0.332. The summed E-state index contributed by atoms with van der Waals surface area (Å²) in [4.78, 5) is 0. The molecule has 1 aromatic rings. The minimum atomic E-state index is -2.22. The summed E-state index contributed by atoms with van der Waals surface area (Å²) >= 11 is -2.22. The van der Waals surface area contributed by atoms with Gasteiger partial charge in [0.15, 0.2) is 0 Å². The van der Waals surface area contributed by atoms with Crippen LogP contribution in [0, 0.1) is 6.92 Å². The van der Waals surface area contributed by atoms with E-state index in [2.05, 4.69) is 3.21 Å². The number of rotatable bonds is 0. The molecule has 0 radical (unpaired) electrons. The Balaban J connectivity index is 3.12. The van der Waals surface area contributed by atoms with Gasteiger partial charge in [-0.25, -0.2) is 0 Å². The van der Waals surface area contributed by atoms with E-state index in [1.54, 1.807) is 6.20 Å². The quantitative estimate of drug-likeness (QED) is 0.529. The minimum absolute atomic E-state index is 0.976. The fourth-order valence-corrected chi connectivity index (χ4v) is 1.80. The Morgan fingerprint density at radius 2 is 2.57 bits per heavy atom. The van der Waals surface area contributed by atoms with E-state index < -0.39 is 19.8 Å². The molecule has 0 bridgehead atoms. The second-order valence-corrected chi connectivity index (χ2v) is 5.14. The van der Waals surface area contributed by atoms with E-state index in [0.29, 0.717) is 0 Å². The van der Waals surface area contributed by atoms with E-state index in [9.17, 15) is 3.47 Å². The van der Waals surface area contributed by atoms with Gasteiger partial charge in [-0.3, -0.25) is 0 Å². The Hall–Kier alpha value is 0.160. The number of aromatic nitrogens is 1. The van der Waals surface area contributed by atoms with Crippen LogP contribution in [0.2, 0.25) is 0 Å². The van der Waals surface area contributed by atoms with Crippen LogP contribution < -0.4 is 3.47 Å². The first-order valence-corrected chi connectivity index (χ1v) is 5.09. The van der Waals surface area contributed by atoms with E-state index in [0.717, 1.165) is 3.58 Å². The molecule has 0 aliphatic rings. The second-order valence-electron chi connectivity index (χ2n) is 1.28. The Kier molecular flexibility index (Phi) is 1.48. The van der Waals surface area contributed by atoms with E-state index >= 15 is 0 Å².